The van der Waals surface area contributed by atoms with Crippen LogP contribution in [0.4, 0.5) is 5.13 Å². The molecular formula is C31H26ClN3O6S. The van der Waals surface area contributed by atoms with Gasteiger partial charge in [-0.2, -0.15) is 0 Å². The molecule has 1 amide bonds. The molecule has 0 radical (unpaired) electrons. The molecule has 42 heavy (non-hydrogen) atoms. The van der Waals surface area contributed by atoms with Gasteiger partial charge in [0, 0.05) is 32.6 Å². The predicted octanol–water partition coefficient (Wildman–Crippen LogP) is 6.16. The van der Waals surface area contributed by atoms with Crippen LogP contribution in [0.25, 0.3) is 22.2 Å². The molecule has 9 nitrogen and oxygen atoms in total. The van der Waals surface area contributed by atoms with E-state index in [1.807, 2.05) is 29.6 Å². The van der Waals surface area contributed by atoms with Gasteiger partial charge in [-0.15, -0.1) is 11.3 Å². The summed E-state index contributed by atoms with van der Waals surface area (Å²) >= 11 is 7.26. The van der Waals surface area contributed by atoms with Gasteiger partial charge in [0.2, 0.25) is 0 Å². The third-order valence-electron chi connectivity index (χ3n) is 6.66. The van der Waals surface area contributed by atoms with Gasteiger partial charge in [0.25, 0.3) is 11.8 Å². The standard InChI is InChI=1S/C31H26ClN3O6S/c1-18-24(25-14-23(40-3)12-13-27(25)35(18)30(38)20-4-8-21(32)9-5-20)15-29(37)41-16-28(36)34-31-33-26(17-42-31)19-6-10-22(39-2)11-7-19/h4-14,17H,15-16H2,1-3H3,(H,33,34,36). The number of nitrogens with one attached hydrogen (secondary N) is 1. The van der Waals surface area contributed by atoms with E-state index in [1.54, 1.807) is 68.2 Å². The van der Waals surface area contributed by atoms with E-state index in [0.717, 1.165) is 11.3 Å². The number of anilines is 1. The number of benzene rings is 3. The summed E-state index contributed by atoms with van der Waals surface area (Å²) < 4.78 is 17.4. The summed E-state index contributed by atoms with van der Waals surface area (Å²) in [5.41, 5.74) is 3.81. The molecule has 0 aliphatic carbocycles. The molecule has 0 fully saturated rings. The first-order valence-electron chi connectivity index (χ1n) is 12.8. The van der Waals surface area contributed by atoms with Crippen molar-refractivity contribution in [3.8, 4) is 22.8 Å². The van der Waals surface area contributed by atoms with Gasteiger partial charge in [0.15, 0.2) is 11.7 Å². The van der Waals surface area contributed by atoms with Crippen molar-refractivity contribution in [2.24, 2.45) is 0 Å². The topological polar surface area (TPSA) is 109 Å². The lowest BCUT2D eigenvalue weighted by Gasteiger charge is -2.08. The fraction of sp³-hybridized carbons (Fsp3) is 0.161. The van der Waals surface area contributed by atoms with Gasteiger partial charge in [0.1, 0.15) is 11.5 Å². The molecule has 0 unspecified atom stereocenters. The van der Waals surface area contributed by atoms with Crippen LogP contribution >= 0.6 is 22.9 Å². The number of nitrogens with zero attached hydrogens (tertiary/aromatic N) is 2. The van der Waals surface area contributed by atoms with E-state index in [1.165, 1.54) is 11.3 Å². The van der Waals surface area contributed by atoms with E-state index >= 15 is 0 Å². The molecule has 214 valence electrons. The number of carbonyl (C=O) groups excluding carboxylic acids is 3. The molecule has 0 aliphatic rings. The summed E-state index contributed by atoms with van der Waals surface area (Å²) in [4.78, 5) is 43.3. The normalized spacial score (nSPS) is 10.9. The number of methoxy groups -OCH3 is 2. The molecule has 0 saturated carbocycles. The quantitative estimate of drug-likeness (QED) is 0.201. The first-order valence-corrected chi connectivity index (χ1v) is 14.1. The number of thiazole rings is 1. The lowest BCUT2D eigenvalue weighted by Crippen LogP contribution is -2.21. The highest BCUT2D eigenvalue weighted by Crippen LogP contribution is 2.31. The molecule has 0 spiro atoms. The summed E-state index contributed by atoms with van der Waals surface area (Å²) in [6.45, 7) is 1.28. The third-order valence-corrected chi connectivity index (χ3v) is 7.67. The van der Waals surface area contributed by atoms with Gasteiger partial charge in [0.05, 0.1) is 31.9 Å². The number of carbonyl (C=O) groups is 3. The fourth-order valence-corrected chi connectivity index (χ4v) is 5.38. The Bertz CT molecular complexity index is 1780. The van der Waals surface area contributed by atoms with Crippen LogP contribution in [0, 0.1) is 6.92 Å². The first-order chi connectivity index (χ1) is 20.3. The Labute approximate surface area is 250 Å². The number of halogens is 1. The molecule has 0 bridgehead atoms. The van der Waals surface area contributed by atoms with Gasteiger partial charge >= 0.3 is 5.97 Å². The zero-order valence-corrected chi connectivity index (χ0v) is 24.5. The summed E-state index contributed by atoms with van der Waals surface area (Å²) in [5, 5.41) is 6.06. The number of hydrogen-bond donors (Lipinski definition) is 1. The largest absolute Gasteiger partial charge is 0.497 e. The lowest BCUT2D eigenvalue weighted by molar-refractivity contribution is -0.146. The van der Waals surface area contributed by atoms with E-state index in [0.29, 0.717) is 49.3 Å². The molecule has 0 saturated heterocycles. The molecule has 2 aromatic heterocycles. The van der Waals surface area contributed by atoms with Crippen LogP contribution in [0.2, 0.25) is 5.02 Å². The Morgan fingerprint density at radius 1 is 0.952 bits per heavy atom. The zero-order chi connectivity index (χ0) is 29.8. The summed E-state index contributed by atoms with van der Waals surface area (Å²) in [5.74, 6) is -0.0953. The lowest BCUT2D eigenvalue weighted by atomic mass is 10.1. The maximum atomic E-state index is 13.5. The van der Waals surface area contributed by atoms with Gasteiger partial charge in [-0.05, 0) is 79.2 Å². The second-order valence-electron chi connectivity index (χ2n) is 9.25. The highest BCUT2D eigenvalue weighted by molar-refractivity contribution is 7.14. The maximum absolute atomic E-state index is 13.5. The van der Waals surface area contributed by atoms with E-state index in [-0.39, 0.29) is 12.3 Å². The van der Waals surface area contributed by atoms with E-state index in [9.17, 15) is 14.4 Å². The van der Waals surface area contributed by atoms with E-state index in [4.69, 9.17) is 25.8 Å². The number of amides is 1. The Balaban J connectivity index is 1.28. The van der Waals surface area contributed by atoms with Gasteiger partial charge < -0.3 is 14.2 Å². The Morgan fingerprint density at radius 2 is 1.64 bits per heavy atom. The van der Waals surface area contributed by atoms with Crippen molar-refractivity contribution in [1.82, 2.24) is 9.55 Å². The smallest absolute Gasteiger partial charge is 0.310 e. The van der Waals surface area contributed by atoms with Crippen LogP contribution in [0.1, 0.15) is 21.6 Å². The SMILES string of the molecule is COc1ccc(-c2csc(NC(=O)COC(=O)Cc3c(C)n(C(=O)c4ccc(Cl)cc4)c4ccc(OC)cc34)n2)cc1. The number of fused-ring (bicyclic) bond motifs is 1. The first kappa shape index (κ1) is 28.8. The average Bonchev–Trinajstić information content (AvgIpc) is 3.57. The minimum Gasteiger partial charge on any atom is -0.497 e. The van der Waals surface area contributed by atoms with Crippen molar-refractivity contribution in [2.45, 2.75) is 13.3 Å². The Kier molecular flexibility index (Phi) is 8.56. The number of esters is 1. The van der Waals surface area contributed by atoms with Crippen molar-refractivity contribution < 1.29 is 28.6 Å². The van der Waals surface area contributed by atoms with E-state index < -0.39 is 18.5 Å². The summed E-state index contributed by atoms with van der Waals surface area (Å²) in [6.07, 6.45) is -0.150. The van der Waals surface area contributed by atoms with Gasteiger partial charge in [-0.3, -0.25) is 24.3 Å². The highest BCUT2D eigenvalue weighted by Gasteiger charge is 2.23. The van der Waals surface area contributed by atoms with Crippen molar-refractivity contribution in [1.29, 1.82) is 0 Å². The molecule has 0 atom stereocenters. The van der Waals surface area contributed by atoms with Crippen LogP contribution in [0.5, 0.6) is 11.5 Å². The van der Waals surface area contributed by atoms with Crippen LogP contribution in [0.3, 0.4) is 0 Å². The van der Waals surface area contributed by atoms with Gasteiger partial charge in [-0.1, -0.05) is 11.6 Å². The molecule has 0 aliphatic heterocycles. The zero-order valence-electron chi connectivity index (χ0n) is 23.0. The Hall–Kier alpha value is -4.67. The van der Waals surface area contributed by atoms with Crippen LogP contribution in [-0.4, -0.2) is 48.2 Å². The fourth-order valence-electron chi connectivity index (χ4n) is 4.52. The third kappa shape index (κ3) is 6.14. The second kappa shape index (κ2) is 12.5. The number of ether oxygens (including phenoxy) is 3. The van der Waals surface area contributed by atoms with E-state index in [2.05, 4.69) is 10.3 Å². The van der Waals surface area contributed by atoms with Crippen molar-refractivity contribution in [3.63, 3.8) is 0 Å². The van der Waals surface area contributed by atoms with Crippen molar-refractivity contribution >= 4 is 56.8 Å². The van der Waals surface area contributed by atoms with Crippen molar-refractivity contribution in [3.05, 3.63) is 94.0 Å². The van der Waals surface area contributed by atoms with Crippen LogP contribution < -0.4 is 14.8 Å². The van der Waals surface area contributed by atoms with Gasteiger partial charge in [-0.25, -0.2) is 4.98 Å². The minimum atomic E-state index is -0.618. The average molecular weight is 604 g/mol. The molecule has 3 aromatic carbocycles. The highest BCUT2D eigenvalue weighted by atomic mass is 35.5. The second-order valence-corrected chi connectivity index (χ2v) is 10.5. The summed E-state index contributed by atoms with van der Waals surface area (Å²) in [7, 11) is 3.14. The van der Waals surface area contributed by atoms with Crippen molar-refractivity contribution in [2.75, 3.05) is 26.1 Å². The number of rotatable bonds is 9. The predicted molar refractivity (Wildman–Crippen MR) is 162 cm³/mol. The monoisotopic (exact) mass is 603 g/mol. The molecule has 11 heteroatoms. The van der Waals surface area contributed by atoms with Crippen LogP contribution in [-0.2, 0) is 20.7 Å². The molecule has 5 aromatic rings. The van der Waals surface area contributed by atoms with Crippen LogP contribution in [0.15, 0.2) is 72.1 Å². The molecule has 5 rings (SSSR count). The molecular weight excluding hydrogens is 578 g/mol. The number of aromatic nitrogens is 2. The number of hydrogen-bond acceptors (Lipinski definition) is 8. The molecule has 2 heterocycles. The molecule has 1 N–H and O–H groups in total. The minimum absolute atomic E-state index is 0.150. The maximum Gasteiger partial charge on any atom is 0.310 e. The Morgan fingerprint density at radius 3 is 2.33 bits per heavy atom. The summed E-state index contributed by atoms with van der Waals surface area (Å²) in [6, 6.07) is 19.3.